The van der Waals surface area contributed by atoms with E-state index in [1.54, 1.807) is 13.8 Å². The molecule has 0 aromatic heterocycles. The van der Waals surface area contributed by atoms with E-state index >= 15 is 0 Å². The Morgan fingerprint density at radius 2 is 1.28 bits per heavy atom. The summed E-state index contributed by atoms with van der Waals surface area (Å²) in [5.74, 6) is 0.417. The molecule has 0 heterocycles. The fraction of sp³-hybridized carbons (Fsp3) is 0.786. The van der Waals surface area contributed by atoms with Gasteiger partial charge in [0.2, 0.25) is 0 Å². The quantitative estimate of drug-likeness (QED) is 0.383. The smallest absolute Gasteiger partial charge is 0.325 e. The molecule has 0 aliphatic rings. The van der Waals surface area contributed by atoms with Crippen molar-refractivity contribution in [1.82, 2.24) is 0 Å². The average Bonchev–Trinajstić information content (AvgIpc) is 1.98. The number of hydrogen-bond donors (Lipinski definition) is 2. The minimum Gasteiger partial charge on any atom is -0.511 e. The van der Waals surface area contributed by atoms with E-state index in [1.807, 2.05) is 41.5 Å². The SMILES string of the molecule is CC(C)(C)C(=[OH+])/C=C(\O)C(C)(C)C.CC(C)O.[Ta]. The van der Waals surface area contributed by atoms with Crippen molar-refractivity contribution in [3.63, 3.8) is 0 Å². The number of hydrogen-bond acceptors (Lipinski definition) is 2. The summed E-state index contributed by atoms with van der Waals surface area (Å²) in [6.45, 7) is 14.8. The largest absolute Gasteiger partial charge is 0.511 e. The Labute approximate surface area is 127 Å². The van der Waals surface area contributed by atoms with E-state index in [1.165, 1.54) is 6.08 Å². The number of rotatable bonds is 1. The third kappa shape index (κ3) is 14.0. The molecule has 0 saturated heterocycles. The molecule has 1 radical (unpaired) electrons. The van der Waals surface area contributed by atoms with Gasteiger partial charge in [0.15, 0.2) is 0 Å². The van der Waals surface area contributed by atoms with E-state index in [0.717, 1.165) is 0 Å². The van der Waals surface area contributed by atoms with Gasteiger partial charge in [-0.25, -0.2) is 0 Å². The van der Waals surface area contributed by atoms with Gasteiger partial charge in [-0.1, -0.05) is 20.8 Å². The van der Waals surface area contributed by atoms with Crippen molar-refractivity contribution >= 4 is 5.78 Å². The van der Waals surface area contributed by atoms with Gasteiger partial charge in [-0.2, -0.15) is 0 Å². The molecule has 3 nitrogen and oxygen atoms in total. The van der Waals surface area contributed by atoms with E-state index in [2.05, 4.69) is 0 Å². The monoisotopic (exact) mass is 426 g/mol. The molecular weight excluding hydrogens is 397 g/mol. The fourth-order valence-electron chi connectivity index (χ4n) is 0.563. The molecule has 0 aliphatic carbocycles. The molecule has 4 heteroatoms. The van der Waals surface area contributed by atoms with Gasteiger partial charge in [-0.3, -0.25) is 4.79 Å². The van der Waals surface area contributed by atoms with Crippen molar-refractivity contribution < 1.29 is 37.4 Å². The van der Waals surface area contributed by atoms with Gasteiger partial charge < -0.3 is 10.2 Å². The minimum atomic E-state index is -0.306. The van der Waals surface area contributed by atoms with Crippen LogP contribution in [0.3, 0.4) is 0 Å². The van der Waals surface area contributed by atoms with Crippen LogP contribution in [-0.2, 0) is 22.4 Å². The number of allylic oxidation sites excluding steroid dienone is 2. The molecule has 0 atom stereocenters. The predicted octanol–water partition coefficient (Wildman–Crippen LogP) is 3.45. The van der Waals surface area contributed by atoms with Crippen LogP contribution in [0.15, 0.2) is 11.8 Å². The summed E-state index contributed by atoms with van der Waals surface area (Å²) in [7, 11) is 0. The van der Waals surface area contributed by atoms with Crippen LogP contribution < -0.4 is 0 Å². The normalized spacial score (nSPS) is 12.4. The molecule has 0 unspecified atom stereocenters. The summed E-state index contributed by atoms with van der Waals surface area (Å²) in [5, 5.41) is 17.7. The van der Waals surface area contributed by atoms with E-state index in [4.69, 9.17) is 5.11 Å². The molecule has 107 valence electrons. The van der Waals surface area contributed by atoms with Crippen molar-refractivity contribution in [2.75, 3.05) is 0 Å². The molecule has 18 heavy (non-hydrogen) atoms. The molecule has 0 saturated carbocycles. The maximum Gasteiger partial charge on any atom is 0.325 e. The Kier molecular flexibility index (Phi) is 11.4. The molecule has 0 aromatic carbocycles. The van der Waals surface area contributed by atoms with E-state index in [9.17, 15) is 9.90 Å². The van der Waals surface area contributed by atoms with Crippen LogP contribution in [-0.4, -0.2) is 26.9 Å². The minimum absolute atomic E-state index is 0. The zero-order chi connectivity index (χ0) is 14.4. The molecule has 0 bridgehead atoms. The summed E-state index contributed by atoms with van der Waals surface area (Å²) < 4.78 is 0. The summed E-state index contributed by atoms with van der Waals surface area (Å²) in [5.41, 5.74) is -0.613. The Bertz CT molecular complexity index is 265. The molecule has 0 spiro atoms. The number of aliphatic hydroxyl groups is 2. The summed E-state index contributed by atoms with van der Waals surface area (Å²) >= 11 is 0. The van der Waals surface area contributed by atoms with Gasteiger partial charge in [-0.15, -0.1) is 0 Å². The maximum atomic E-state index is 9.60. The molecule has 0 fully saturated rings. The van der Waals surface area contributed by atoms with E-state index in [-0.39, 0.29) is 50.9 Å². The van der Waals surface area contributed by atoms with Crippen molar-refractivity contribution in [1.29, 1.82) is 0 Å². The molecule has 0 rings (SSSR count). The predicted molar refractivity (Wildman–Crippen MR) is 73.9 cm³/mol. The van der Waals surface area contributed by atoms with Crippen molar-refractivity contribution in [3.05, 3.63) is 11.8 Å². The Balaban J connectivity index is -0.000000392. The van der Waals surface area contributed by atoms with Gasteiger partial charge in [0, 0.05) is 33.9 Å². The zero-order valence-electron chi connectivity index (χ0n) is 12.9. The van der Waals surface area contributed by atoms with Gasteiger partial charge in [-0.05, 0) is 34.6 Å². The first-order chi connectivity index (χ1) is 7.28. The second-order valence-electron chi connectivity index (χ2n) is 6.51. The first-order valence-electron chi connectivity index (χ1n) is 5.94. The van der Waals surface area contributed by atoms with E-state index in [0.29, 0.717) is 0 Å². The number of ketones is 1. The van der Waals surface area contributed by atoms with Gasteiger partial charge in [0.25, 0.3) is 0 Å². The van der Waals surface area contributed by atoms with Crippen LogP contribution >= 0.6 is 0 Å². The fourth-order valence-corrected chi connectivity index (χ4v) is 0.563. The van der Waals surface area contributed by atoms with Crippen LogP contribution in [0.4, 0.5) is 0 Å². The molecule has 0 aromatic rings. The topological polar surface area (TPSA) is 61.9 Å². The maximum absolute atomic E-state index is 9.60. The van der Waals surface area contributed by atoms with E-state index < -0.39 is 0 Å². The van der Waals surface area contributed by atoms with Gasteiger partial charge >= 0.3 is 5.78 Å². The summed E-state index contributed by atoms with van der Waals surface area (Å²) in [4.78, 5) is 9.60. The third-order valence-corrected chi connectivity index (χ3v) is 1.81. The Morgan fingerprint density at radius 3 is 1.44 bits per heavy atom. The zero-order valence-corrected chi connectivity index (χ0v) is 16.2. The molecule has 0 aliphatic heterocycles. The molecule has 0 amide bonds. The summed E-state index contributed by atoms with van der Waals surface area (Å²) in [6.07, 6.45) is 1.28. The van der Waals surface area contributed by atoms with Crippen LogP contribution in [0.1, 0.15) is 55.4 Å². The third-order valence-electron chi connectivity index (χ3n) is 1.81. The van der Waals surface area contributed by atoms with Crippen LogP contribution in [0, 0.1) is 10.8 Å². The van der Waals surface area contributed by atoms with Crippen LogP contribution in [0.2, 0.25) is 0 Å². The molecular formula is C14H29O3Ta+. The van der Waals surface area contributed by atoms with Crippen molar-refractivity contribution in [3.8, 4) is 0 Å². The Hall–Kier alpha value is -0.0897. The second kappa shape index (κ2) is 8.92. The van der Waals surface area contributed by atoms with Crippen molar-refractivity contribution in [2.45, 2.75) is 61.5 Å². The van der Waals surface area contributed by atoms with Crippen molar-refractivity contribution in [2.24, 2.45) is 10.8 Å². The number of aliphatic hydroxyl groups excluding tert-OH is 2. The Morgan fingerprint density at radius 1 is 1.00 bits per heavy atom. The van der Waals surface area contributed by atoms with Crippen LogP contribution in [0.5, 0.6) is 0 Å². The summed E-state index contributed by atoms with van der Waals surface area (Å²) in [6, 6.07) is 0. The second-order valence-corrected chi connectivity index (χ2v) is 6.51. The molecule has 3 N–H and O–H groups in total. The first kappa shape index (κ1) is 23.0. The standard InChI is InChI=1S/C11H20O2.C3H8O.Ta/c1-10(2,3)8(12)7-9(13)11(4,5)6;1-3(2)4;/h7,12H,1-6H3;3-4H,1-2H3;/p+1/b8-7-;;. The van der Waals surface area contributed by atoms with Crippen LogP contribution in [0.25, 0.3) is 0 Å². The number of carbonyl (C=O) groups excluding carboxylic acids is 1. The van der Waals surface area contributed by atoms with Gasteiger partial charge in [0.1, 0.15) is 5.76 Å². The van der Waals surface area contributed by atoms with Gasteiger partial charge in [0.05, 0.1) is 11.5 Å². The average molecular weight is 426 g/mol. The first-order valence-corrected chi connectivity index (χ1v) is 5.94.